The molecule has 0 saturated heterocycles. The van der Waals surface area contributed by atoms with Crippen LogP contribution in [-0.2, 0) is 19.3 Å². The summed E-state index contributed by atoms with van der Waals surface area (Å²) < 4.78 is 37.6. The molecule has 0 atom stereocenters. The summed E-state index contributed by atoms with van der Waals surface area (Å²) in [6, 6.07) is 3.53. The maximum atomic E-state index is 12.5. The van der Waals surface area contributed by atoms with Gasteiger partial charge in [0, 0.05) is 5.69 Å². The maximum Gasteiger partial charge on any atom is 0.417 e. The number of nitrogens with zero attached hydrogens (tertiary/aromatic N) is 3. The van der Waals surface area contributed by atoms with Gasteiger partial charge in [0.25, 0.3) is 0 Å². The van der Waals surface area contributed by atoms with Crippen LogP contribution in [-0.4, -0.2) is 15.0 Å². The fraction of sp³-hybridized carbons (Fsp3) is 0.333. The van der Waals surface area contributed by atoms with Gasteiger partial charge in [0.15, 0.2) is 0 Å². The minimum absolute atomic E-state index is 0.334. The molecule has 0 spiro atoms. The van der Waals surface area contributed by atoms with E-state index in [0.29, 0.717) is 24.5 Å². The van der Waals surface area contributed by atoms with Crippen LogP contribution in [0.4, 0.5) is 18.9 Å². The molecular weight excluding hydrogens is 293 g/mol. The Labute approximate surface area is 118 Å². The Morgan fingerprint density at radius 2 is 2.10 bits per heavy atom. The fourth-order valence-corrected chi connectivity index (χ4v) is 1.90. The molecular formula is C12H12ClF3N4. The van der Waals surface area contributed by atoms with Crippen molar-refractivity contribution in [3.8, 4) is 0 Å². The number of aryl methyl sites for hydroxylation is 1. The van der Waals surface area contributed by atoms with Crippen molar-refractivity contribution in [1.29, 1.82) is 0 Å². The summed E-state index contributed by atoms with van der Waals surface area (Å²) in [7, 11) is 0. The number of rotatable bonds is 4. The first-order chi connectivity index (χ1) is 9.40. The van der Waals surface area contributed by atoms with Crippen LogP contribution in [0.25, 0.3) is 0 Å². The zero-order valence-electron chi connectivity index (χ0n) is 10.6. The lowest BCUT2D eigenvalue weighted by molar-refractivity contribution is -0.137. The Hall–Kier alpha value is -1.76. The van der Waals surface area contributed by atoms with Crippen LogP contribution in [0.5, 0.6) is 0 Å². The van der Waals surface area contributed by atoms with E-state index >= 15 is 0 Å². The van der Waals surface area contributed by atoms with Crippen molar-refractivity contribution in [2.45, 2.75) is 26.2 Å². The second kappa shape index (κ2) is 5.70. The van der Waals surface area contributed by atoms with Crippen LogP contribution >= 0.6 is 11.6 Å². The number of nitrogens with one attached hydrogen (secondary N) is 1. The van der Waals surface area contributed by atoms with Crippen molar-refractivity contribution < 1.29 is 13.2 Å². The van der Waals surface area contributed by atoms with Crippen molar-refractivity contribution in [3.63, 3.8) is 0 Å². The van der Waals surface area contributed by atoms with Crippen molar-refractivity contribution in [3.05, 3.63) is 40.7 Å². The maximum absolute atomic E-state index is 12.5. The Morgan fingerprint density at radius 3 is 2.65 bits per heavy atom. The molecule has 2 aromatic rings. The number of aromatic nitrogens is 3. The highest BCUT2D eigenvalue weighted by atomic mass is 35.5. The average Bonchev–Trinajstić information content (AvgIpc) is 2.83. The molecule has 1 aromatic carbocycles. The molecule has 0 radical (unpaired) electrons. The van der Waals surface area contributed by atoms with E-state index in [1.165, 1.54) is 16.9 Å². The lowest BCUT2D eigenvalue weighted by atomic mass is 10.2. The first kappa shape index (κ1) is 14.6. The minimum atomic E-state index is -4.45. The molecule has 0 saturated carbocycles. The van der Waals surface area contributed by atoms with E-state index in [9.17, 15) is 13.2 Å². The number of hydrogen-bond acceptors (Lipinski definition) is 3. The quantitative estimate of drug-likeness (QED) is 0.939. The second-order valence-corrected chi connectivity index (χ2v) is 4.48. The molecule has 8 heteroatoms. The molecule has 0 amide bonds. The van der Waals surface area contributed by atoms with Crippen LogP contribution < -0.4 is 5.32 Å². The number of hydrogen-bond donors (Lipinski definition) is 1. The summed E-state index contributed by atoms with van der Waals surface area (Å²) in [5.74, 6) is 0. The van der Waals surface area contributed by atoms with Gasteiger partial charge >= 0.3 is 6.18 Å². The van der Waals surface area contributed by atoms with Gasteiger partial charge in [-0.25, -0.2) is 0 Å². The van der Waals surface area contributed by atoms with Gasteiger partial charge in [0.2, 0.25) is 0 Å². The van der Waals surface area contributed by atoms with E-state index in [1.807, 2.05) is 6.92 Å². The Kier molecular flexibility index (Phi) is 4.17. The highest BCUT2D eigenvalue weighted by molar-refractivity contribution is 6.31. The molecule has 0 aliphatic rings. The Balaban J connectivity index is 2.05. The first-order valence-electron chi connectivity index (χ1n) is 5.89. The molecule has 1 aromatic heterocycles. The SMILES string of the molecule is CCn1ncc(CNc2ccc(C(F)(F)F)c(Cl)c2)n1. The predicted octanol–water partition coefficient (Wildman–Crippen LogP) is 3.58. The van der Waals surface area contributed by atoms with E-state index in [2.05, 4.69) is 15.5 Å². The van der Waals surface area contributed by atoms with Crippen molar-refractivity contribution >= 4 is 17.3 Å². The predicted molar refractivity (Wildman–Crippen MR) is 69.5 cm³/mol. The lowest BCUT2D eigenvalue weighted by Gasteiger charge is -2.11. The molecule has 2 rings (SSSR count). The smallest absolute Gasteiger partial charge is 0.379 e. The third-order valence-corrected chi connectivity index (χ3v) is 2.93. The van der Waals surface area contributed by atoms with E-state index in [-0.39, 0.29) is 5.02 Å². The summed E-state index contributed by atoms with van der Waals surface area (Å²) in [5, 5.41) is 10.8. The van der Waals surface area contributed by atoms with Gasteiger partial charge in [-0.3, -0.25) is 0 Å². The zero-order valence-corrected chi connectivity index (χ0v) is 11.3. The summed E-state index contributed by atoms with van der Waals surface area (Å²) in [5.41, 5.74) is 0.346. The normalized spacial score (nSPS) is 11.7. The Bertz CT molecular complexity index is 595. The molecule has 0 bridgehead atoms. The van der Waals surface area contributed by atoms with Gasteiger partial charge in [-0.1, -0.05) is 11.6 Å². The van der Waals surface area contributed by atoms with E-state index < -0.39 is 11.7 Å². The van der Waals surface area contributed by atoms with Crippen LogP contribution in [0.15, 0.2) is 24.4 Å². The van der Waals surface area contributed by atoms with Crippen LogP contribution in [0, 0.1) is 0 Å². The third-order valence-electron chi connectivity index (χ3n) is 2.61. The van der Waals surface area contributed by atoms with Gasteiger partial charge in [-0.05, 0) is 25.1 Å². The number of benzene rings is 1. The van der Waals surface area contributed by atoms with Crippen molar-refractivity contribution in [2.24, 2.45) is 0 Å². The molecule has 4 nitrogen and oxygen atoms in total. The second-order valence-electron chi connectivity index (χ2n) is 4.07. The summed E-state index contributed by atoms with van der Waals surface area (Å²) in [6.45, 7) is 2.93. The summed E-state index contributed by atoms with van der Waals surface area (Å²) >= 11 is 5.63. The number of anilines is 1. The van der Waals surface area contributed by atoms with Gasteiger partial charge in [-0.15, -0.1) is 0 Å². The molecule has 0 unspecified atom stereocenters. The fourth-order valence-electron chi connectivity index (χ4n) is 1.61. The highest BCUT2D eigenvalue weighted by Crippen LogP contribution is 2.35. The van der Waals surface area contributed by atoms with Crippen molar-refractivity contribution in [1.82, 2.24) is 15.0 Å². The molecule has 1 N–H and O–H groups in total. The van der Waals surface area contributed by atoms with E-state index in [1.54, 1.807) is 6.20 Å². The summed E-state index contributed by atoms with van der Waals surface area (Å²) in [4.78, 5) is 1.52. The standard InChI is InChI=1S/C12H12ClF3N4/c1-2-20-18-7-9(19-20)6-17-8-3-4-10(11(13)5-8)12(14,15)16/h3-5,7,17H,2,6H2,1H3. The summed E-state index contributed by atoms with van der Waals surface area (Å²) in [6.07, 6.45) is -2.85. The molecule has 1 heterocycles. The molecule has 20 heavy (non-hydrogen) atoms. The van der Waals surface area contributed by atoms with Gasteiger partial charge < -0.3 is 5.32 Å². The highest BCUT2D eigenvalue weighted by Gasteiger charge is 2.32. The number of alkyl halides is 3. The van der Waals surface area contributed by atoms with Crippen molar-refractivity contribution in [2.75, 3.05) is 5.32 Å². The monoisotopic (exact) mass is 304 g/mol. The van der Waals surface area contributed by atoms with Crippen LogP contribution in [0.3, 0.4) is 0 Å². The van der Waals surface area contributed by atoms with Gasteiger partial charge in [0.1, 0.15) is 5.69 Å². The number of halogens is 4. The third kappa shape index (κ3) is 3.41. The molecule has 0 aliphatic heterocycles. The zero-order chi connectivity index (χ0) is 14.8. The van der Waals surface area contributed by atoms with Gasteiger partial charge in [0.05, 0.1) is 29.9 Å². The minimum Gasteiger partial charge on any atom is -0.379 e. The average molecular weight is 305 g/mol. The van der Waals surface area contributed by atoms with Gasteiger partial charge in [-0.2, -0.15) is 28.2 Å². The molecule has 0 aliphatic carbocycles. The Morgan fingerprint density at radius 1 is 1.35 bits per heavy atom. The largest absolute Gasteiger partial charge is 0.417 e. The topological polar surface area (TPSA) is 42.7 Å². The van der Waals surface area contributed by atoms with E-state index in [0.717, 1.165) is 6.07 Å². The van der Waals surface area contributed by atoms with Crippen LogP contribution in [0.1, 0.15) is 18.2 Å². The first-order valence-corrected chi connectivity index (χ1v) is 6.27. The molecule has 108 valence electrons. The van der Waals surface area contributed by atoms with E-state index in [4.69, 9.17) is 11.6 Å². The van der Waals surface area contributed by atoms with Crippen LogP contribution in [0.2, 0.25) is 5.02 Å². The molecule has 0 fully saturated rings. The lowest BCUT2D eigenvalue weighted by Crippen LogP contribution is -2.07.